The van der Waals surface area contributed by atoms with Gasteiger partial charge in [0.15, 0.2) is 0 Å². The molecule has 0 aromatic carbocycles. The summed E-state index contributed by atoms with van der Waals surface area (Å²) in [5.41, 5.74) is 4.62. The fourth-order valence-electron chi connectivity index (χ4n) is 3.68. The first-order valence-corrected chi connectivity index (χ1v) is 9.13. The van der Waals surface area contributed by atoms with Gasteiger partial charge in [0.1, 0.15) is 6.33 Å². The second-order valence-corrected chi connectivity index (χ2v) is 6.92. The highest BCUT2D eigenvalue weighted by Crippen LogP contribution is 2.32. The van der Waals surface area contributed by atoms with Crippen LogP contribution >= 0.6 is 0 Å². The lowest BCUT2D eigenvalue weighted by molar-refractivity contribution is 0.0705. The number of rotatable bonds is 3. The normalized spacial score (nSPS) is 17.1. The van der Waals surface area contributed by atoms with Gasteiger partial charge in [0, 0.05) is 55.9 Å². The van der Waals surface area contributed by atoms with E-state index in [4.69, 9.17) is 0 Å². The van der Waals surface area contributed by atoms with Gasteiger partial charge in [-0.1, -0.05) is 0 Å². The van der Waals surface area contributed by atoms with Crippen LogP contribution in [0.5, 0.6) is 0 Å². The number of piperidine rings is 1. The zero-order valence-corrected chi connectivity index (χ0v) is 15.5. The first kappa shape index (κ1) is 17.3. The van der Waals surface area contributed by atoms with E-state index in [0.717, 1.165) is 41.9 Å². The molecular formula is C20H22N6O. The summed E-state index contributed by atoms with van der Waals surface area (Å²) in [4.78, 5) is 27.8. The van der Waals surface area contributed by atoms with E-state index in [1.807, 2.05) is 37.2 Å². The summed E-state index contributed by atoms with van der Waals surface area (Å²) in [6.07, 6.45) is 10.6. The van der Waals surface area contributed by atoms with Crippen molar-refractivity contribution in [2.45, 2.75) is 25.7 Å². The third-order valence-corrected chi connectivity index (χ3v) is 5.30. The molecule has 0 radical (unpaired) electrons. The number of carbonyl (C=O) groups excluding carboxylic acids is 1. The van der Waals surface area contributed by atoms with E-state index in [-0.39, 0.29) is 11.8 Å². The van der Waals surface area contributed by atoms with Crippen LogP contribution in [0.25, 0.3) is 11.1 Å². The second-order valence-electron chi connectivity index (χ2n) is 6.92. The van der Waals surface area contributed by atoms with Gasteiger partial charge in [-0.25, -0.2) is 9.97 Å². The Morgan fingerprint density at radius 1 is 1.19 bits per heavy atom. The van der Waals surface area contributed by atoms with Crippen LogP contribution in [0.15, 0.2) is 43.2 Å². The molecule has 0 unspecified atom stereocenters. The molecule has 1 fully saturated rings. The Morgan fingerprint density at radius 2 is 2.00 bits per heavy atom. The summed E-state index contributed by atoms with van der Waals surface area (Å²) in [6, 6.07) is 3.93. The highest BCUT2D eigenvalue weighted by molar-refractivity contribution is 5.95. The van der Waals surface area contributed by atoms with E-state index in [1.165, 1.54) is 0 Å². The zero-order valence-electron chi connectivity index (χ0n) is 15.5. The van der Waals surface area contributed by atoms with Crippen LogP contribution in [0.1, 0.15) is 40.5 Å². The van der Waals surface area contributed by atoms with Crippen LogP contribution in [0.2, 0.25) is 0 Å². The Morgan fingerprint density at radius 3 is 2.74 bits per heavy atom. The number of amides is 1. The minimum absolute atomic E-state index is 0.0461. The third kappa shape index (κ3) is 3.32. The third-order valence-electron chi connectivity index (χ3n) is 5.30. The molecule has 1 saturated heterocycles. The molecule has 27 heavy (non-hydrogen) atoms. The van der Waals surface area contributed by atoms with E-state index in [1.54, 1.807) is 29.6 Å². The Kier molecular flexibility index (Phi) is 4.66. The monoisotopic (exact) mass is 362 g/mol. The van der Waals surface area contributed by atoms with Crippen LogP contribution in [0.3, 0.4) is 0 Å². The maximum Gasteiger partial charge on any atom is 0.257 e. The van der Waals surface area contributed by atoms with E-state index < -0.39 is 0 Å². The Balaban J connectivity index is 1.61. The number of hydrogen-bond donors (Lipinski definition) is 0. The predicted molar refractivity (Wildman–Crippen MR) is 101 cm³/mol. The molecule has 1 aliphatic heterocycles. The fourth-order valence-corrected chi connectivity index (χ4v) is 3.68. The number of hydrogen-bond acceptors (Lipinski definition) is 5. The lowest BCUT2D eigenvalue weighted by atomic mass is 9.90. The maximum atomic E-state index is 13.0. The van der Waals surface area contributed by atoms with Crippen molar-refractivity contribution in [2.75, 3.05) is 13.1 Å². The van der Waals surface area contributed by atoms with Crippen LogP contribution < -0.4 is 0 Å². The van der Waals surface area contributed by atoms with E-state index >= 15 is 0 Å². The van der Waals surface area contributed by atoms with Crippen molar-refractivity contribution in [1.29, 1.82) is 0 Å². The zero-order chi connectivity index (χ0) is 18.8. The molecule has 1 amide bonds. The average Bonchev–Trinajstić information content (AvgIpc) is 3.07. The summed E-state index contributed by atoms with van der Waals surface area (Å²) in [6.45, 7) is 3.34. The first-order valence-electron chi connectivity index (χ1n) is 9.13. The van der Waals surface area contributed by atoms with Gasteiger partial charge in [-0.05, 0) is 37.5 Å². The van der Waals surface area contributed by atoms with Crippen molar-refractivity contribution in [3.05, 3.63) is 60.2 Å². The highest BCUT2D eigenvalue weighted by atomic mass is 16.2. The van der Waals surface area contributed by atoms with Crippen molar-refractivity contribution in [3.63, 3.8) is 0 Å². The molecule has 7 nitrogen and oxygen atoms in total. The molecule has 4 rings (SSSR count). The minimum atomic E-state index is 0.0461. The summed E-state index contributed by atoms with van der Waals surface area (Å²) in [7, 11) is 1.85. The molecule has 0 spiro atoms. The van der Waals surface area contributed by atoms with Gasteiger partial charge in [-0.15, -0.1) is 0 Å². The SMILES string of the molecule is Cc1c(C(=O)N2CCC[C@@H](c3ncncc3-c3ccncc3)C2)cnn1C. The number of aryl methyl sites for hydroxylation is 1. The summed E-state index contributed by atoms with van der Waals surface area (Å²) in [5.74, 6) is 0.232. The molecule has 0 aliphatic carbocycles. The van der Waals surface area contributed by atoms with E-state index in [0.29, 0.717) is 12.1 Å². The topological polar surface area (TPSA) is 76.8 Å². The van der Waals surface area contributed by atoms with Gasteiger partial charge in [0.25, 0.3) is 5.91 Å². The van der Waals surface area contributed by atoms with Crippen molar-refractivity contribution in [1.82, 2.24) is 29.6 Å². The summed E-state index contributed by atoms with van der Waals surface area (Å²) >= 11 is 0. The minimum Gasteiger partial charge on any atom is -0.338 e. The van der Waals surface area contributed by atoms with Crippen LogP contribution in [-0.4, -0.2) is 48.6 Å². The van der Waals surface area contributed by atoms with Crippen LogP contribution in [-0.2, 0) is 7.05 Å². The Bertz CT molecular complexity index is 952. The van der Waals surface area contributed by atoms with Gasteiger partial charge in [-0.2, -0.15) is 5.10 Å². The van der Waals surface area contributed by atoms with E-state index in [2.05, 4.69) is 20.1 Å². The Labute approximate surface area is 158 Å². The number of aromatic nitrogens is 5. The maximum absolute atomic E-state index is 13.0. The smallest absolute Gasteiger partial charge is 0.257 e. The molecule has 0 bridgehead atoms. The molecule has 138 valence electrons. The largest absolute Gasteiger partial charge is 0.338 e. The number of likely N-dealkylation sites (tertiary alicyclic amines) is 1. The van der Waals surface area contributed by atoms with Crippen molar-refractivity contribution in [2.24, 2.45) is 7.05 Å². The highest BCUT2D eigenvalue weighted by Gasteiger charge is 2.29. The number of pyridine rings is 1. The van der Waals surface area contributed by atoms with E-state index in [9.17, 15) is 4.79 Å². The quantitative estimate of drug-likeness (QED) is 0.716. The second kappa shape index (κ2) is 7.26. The van der Waals surface area contributed by atoms with Crippen LogP contribution in [0, 0.1) is 6.92 Å². The molecule has 7 heteroatoms. The first-order chi connectivity index (χ1) is 13.1. The lowest BCUT2D eigenvalue weighted by Gasteiger charge is -2.33. The molecular weight excluding hydrogens is 340 g/mol. The van der Waals surface area contributed by atoms with Gasteiger partial charge in [0.05, 0.1) is 17.5 Å². The molecule has 0 saturated carbocycles. The standard InChI is InChI=1S/C20H22N6O/c1-14-17(11-24-25(14)2)20(27)26-9-3-4-16(12-26)19-18(10-22-13-23-19)15-5-7-21-8-6-15/h5-8,10-11,13,16H,3-4,9,12H2,1-2H3/t16-/m1/s1. The van der Waals surface area contributed by atoms with Gasteiger partial charge in [0.2, 0.25) is 0 Å². The Hall–Kier alpha value is -3.09. The fraction of sp³-hybridized carbons (Fsp3) is 0.350. The number of nitrogens with zero attached hydrogens (tertiary/aromatic N) is 6. The summed E-state index contributed by atoms with van der Waals surface area (Å²) in [5, 5.41) is 4.21. The van der Waals surface area contributed by atoms with Crippen molar-refractivity contribution >= 4 is 5.91 Å². The summed E-state index contributed by atoms with van der Waals surface area (Å²) < 4.78 is 1.74. The lowest BCUT2D eigenvalue weighted by Crippen LogP contribution is -2.39. The number of carbonyl (C=O) groups is 1. The van der Waals surface area contributed by atoms with Gasteiger partial charge in [-0.3, -0.25) is 14.5 Å². The van der Waals surface area contributed by atoms with Crippen molar-refractivity contribution in [3.8, 4) is 11.1 Å². The van der Waals surface area contributed by atoms with Crippen LogP contribution in [0.4, 0.5) is 0 Å². The molecule has 4 heterocycles. The average molecular weight is 362 g/mol. The molecule has 1 atom stereocenters. The predicted octanol–water partition coefficient (Wildman–Crippen LogP) is 2.60. The molecule has 0 N–H and O–H groups in total. The molecule has 3 aromatic heterocycles. The van der Waals surface area contributed by atoms with Gasteiger partial charge < -0.3 is 4.90 Å². The molecule has 1 aliphatic rings. The molecule has 3 aromatic rings. The van der Waals surface area contributed by atoms with Crippen molar-refractivity contribution < 1.29 is 4.79 Å². The van der Waals surface area contributed by atoms with Gasteiger partial charge >= 0.3 is 0 Å².